The van der Waals surface area contributed by atoms with E-state index in [0.29, 0.717) is 25.6 Å². The molecule has 2 atom stereocenters. The van der Waals surface area contributed by atoms with Gasteiger partial charge in [-0.15, -0.1) is 0 Å². The van der Waals surface area contributed by atoms with Crippen LogP contribution >= 0.6 is 0 Å². The second-order valence-electron chi connectivity index (χ2n) is 13.4. The highest BCUT2D eigenvalue weighted by Crippen LogP contribution is 2.21. The SMILES string of the molecule is CC(C)CCCCCOC(=O)CCCCCCCCCCCCCCC(C)C(C)C(=O)OCCCCCC(C)C. The van der Waals surface area contributed by atoms with Crippen LogP contribution in [0.4, 0.5) is 0 Å². The molecule has 4 heteroatoms. The molecule has 2 unspecified atom stereocenters. The fourth-order valence-electron chi connectivity index (χ4n) is 5.21. The van der Waals surface area contributed by atoms with Gasteiger partial charge < -0.3 is 9.47 Å². The van der Waals surface area contributed by atoms with Gasteiger partial charge in [0.15, 0.2) is 0 Å². The molecule has 4 nitrogen and oxygen atoms in total. The monoisotopic (exact) mass is 567 g/mol. The zero-order valence-corrected chi connectivity index (χ0v) is 27.9. The van der Waals surface area contributed by atoms with E-state index in [2.05, 4.69) is 34.6 Å². The molecule has 0 rings (SSSR count). The smallest absolute Gasteiger partial charge is 0.308 e. The standard InChI is InChI=1S/C36H70O4/c1-31(2)25-19-17-23-29-39-35(37)28-22-16-14-12-10-8-7-9-11-13-15-21-27-33(5)34(6)36(38)40-30-24-18-20-26-32(3)4/h31-34H,7-30H2,1-6H3. The molecular formula is C36H70O4. The minimum Gasteiger partial charge on any atom is -0.466 e. The average molecular weight is 567 g/mol. The Morgan fingerprint density at radius 3 is 1.30 bits per heavy atom. The molecule has 0 aromatic heterocycles. The van der Waals surface area contributed by atoms with Crippen LogP contribution in [0.5, 0.6) is 0 Å². The van der Waals surface area contributed by atoms with Crippen molar-refractivity contribution in [3.05, 3.63) is 0 Å². The highest BCUT2D eigenvalue weighted by molar-refractivity contribution is 5.72. The Morgan fingerprint density at radius 2 is 0.825 bits per heavy atom. The Bertz CT molecular complexity index is 571. The molecule has 0 amide bonds. The molecule has 0 aromatic carbocycles. The highest BCUT2D eigenvalue weighted by Gasteiger charge is 2.21. The number of hydrogen-bond donors (Lipinski definition) is 0. The third-order valence-corrected chi connectivity index (χ3v) is 8.37. The van der Waals surface area contributed by atoms with Crippen LogP contribution in [0.15, 0.2) is 0 Å². The van der Waals surface area contributed by atoms with Gasteiger partial charge in [0.25, 0.3) is 0 Å². The number of hydrogen-bond acceptors (Lipinski definition) is 4. The Kier molecular flexibility index (Phi) is 27.3. The van der Waals surface area contributed by atoms with Crippen LogP contribution in [0.25, 0.3) is 0 Å². The topological polar surface area (TPSA) is 52.6 Å². The van der Waals surface area contributed by atoms with Crippen LogP contribution in [0.2, 0.25) is 0 Å². The van der Waals surface area contributed by atoms with Crippen LogP contribution in [0.1, 0.15) is 183 Å². The van der Waals surface area contributed by atoms with Crippen molar-refractivity contribution in [1.82, 2.24) is 0 Å². The summed E-state index contributed by atoms with van der Waals surface area (Å²) in [5, 5.41) is 0. The van der Waals surface area contributed by atoms with Crippen molar-refractivity contribution in [2.45, 2.75) is 183 Å². The van der Waals surface area contributed by atoms with Crippen molar-refractivity contribution < 1.29 is 19.1 Å². The summed E-state index contributed by atoms with van der Waals surface area (Å²) in [7, 11) is 0. The fraction of sp³-hybridized carbons (Fsp3) is 0.944. The second-order valence-corrected chi connectivity index (χ2v) is 13.4. The maximum Gasteiger partial charge on any atom is 0.308 e. The molecule has 0 aliphatic heterocycles. The lowest BCUT2D eigenvalue weighted by Gasteiger charge is -2.18. The molecule has 0 spiro atoms. The van der Waals surface area contributed by atoms with Crippen molar-refractivity contribution in [2.75, 3.05) is 13.2 Å². The van der Waals surface area contributed by atoms with Gasteiger partial charge in [0.05, 0.1) is 19.1 Å². The number of unbranched alkanes of at least 4 members (excludes halogenated alkanes) is 15. The Hall–Kier alpha value is -1.06. The van der Waals surface area contributed by atoms with E-state index in [9.17, 15) is 9.59 Å². The normalized spacial score (nSPS) is 13.1. The van der Waals surface area contributed by atoms with Gasteiger partial charge in [0, 0.05) is 6.42 Å². The Morgan fingerprint density at radius 1 is 0.450 bits per heavy atom. The lowest BCUT2D eigenvalue weighted by Crippen LogP contribution is -2.22. The first kappa shape index (κ1) is 38.9. The maximum atomic E-state index is 12.3. The predicted molar refractivity (Wildman–Crippen MR) is 171 cm³/mol. The molecule has 0 aromatic rings. The number of rotatable bonds is 29. The van der Waals surface area contributed by atoms with Crippen LogP contribution < -0.4 is 0 Å². The fourth-order valence-corrected chi connectivity index (χ4v) is 5.21. The van der Waals surface area contributed by atoms with Crippen molar-refractivity contribution in [1.29, 1.82) is 0 Å². The summed E-state index contributed by atoms with van der Waals surface area (Å²) in [6.45, 7) is 14.5. The lowest BCUT2D eigenvalue weighted by atomic mass is 9.90. The van der Waals surface area contributed by atoms with Crippen molar-refractivity contribution in [3.8, 4) is 0 Å². The number of ether oxygens (including phenoxy) is 2. The number of esters is 2. The molecule has 0 saturated heterocycles. The quantitative estimate of drug-likeness (QED) is 0.0667. The van der Waals surface area contributed by atoms with Crippen molar-refractivity contribution in [3.63, 3.8) is 0 Å². The van der Waals surface area contributed by atoms with Gasteiger partial charge >= 0.3 is 11.9 Å². The van der Waals surface area contributed by atoms with Crippen LogP contribution in [0.3, 0.4) is 0 Å². The summed E-state index contributed by atoms with van der Waals surface area (Å²) < 4.78 is 10.9. The van der Waals surface area contributed by atoms with Gasteiger partial charge in [-0.3, -0.25) is 9.59 Å². The molecule has 0 aliphatic carbocycles. The van der Waals surface area contributed by atoms with E-state index < -0.39 is 0 Å². The minimum atomic E-state index is -0.00594. The van der Waals surface area contributed by atoms with Gasteiger partial charge in [0.1, 0.15) is 0 Å². The summed E-state index contributed by atoms with van der Waals surface area (Å²) >= 11 is 0. The molecule has 0 radical (unpaired) electrons. The van der Waals surface area contributed by atoms with E-state index in [0.717, 1.165) is 50.4 Å². The number of carbonyl (C=O) groups excluding carboxylic acids is 2. The van der Waals surface area contributed by atoms with Crippen LogP contribution in [-0.4, -0.2) is 25.2 Å². The molecule has 0 bridgehead atoms. The summed E-state index contributed by atoms with van der Waals surface area (Å²) in [5.41, 5.74) is 0. The van der Waals surface area contributed by atoms with E-state index in [1.807, 2.05) is 6.92 Å². The van der Waals surface area contributed by atoms with E-state index >= 15 is 0 Å². The maximum absolute atomic E-state index is 12.3. The second kappa shape index (κ2) is 28.1. The molecule has 0 N–H and O–H groups in total. The Labute approximate surface area is 250 Å². The molecule has 40 heavy (non-hydrogen) atoms. The lowest BCUT2D eigenvalue weighted by molar-refractivity contribution is -0.150. The zero-order valence-electron chi connectivity index (χ0n) is 27.9. The van der Waals surface area contributed by atoms with Crippen molar-refractivity contribution in [2.24, 2.45) is 23.7 Å². The van der Waals surface area contributed by atoms with Crippen LogP contribution in [-0.2, 0) is 19.1 Å². The predicted octanol–water partition coefficient (Wildman–Crippen LogP) is 11.2. The first-order chi connectivity index (χ1) is 19.2. The van der Waals surface area contributed by atoms with Gasteiger partial charge in [-0.1, -0.05) is 151 Å². The van der Waals surface area contributed by atoms with Gasteiger partial charge in [-0.05, 0) is 43.4 Å². The third kappa shape index (κ3) is 27.1. The summed E-state index contributed by atoms with van der Waals surface area (Å²) in [5.74, 6) is 1.94. The molecule has 0 aliphatic rings. The average Bonchev–Trinajstić information content (AvgIpc) is 2.91. The molecular weight excluding hydrogens is 496 g/mol. The third-order valence-electron chi connectivity index (χ3n) is 8.37. The van der Waals surface area contributed by atoms with E-state index in [-0.39, 0.29) is 17.9 Å². The van der Waals surface area contributed by atoms with E-state index in [4.69, 9.17) is 9.47 Å². The zero-order chi connectivity index (χ0) is 29.8. The summed E-state index contributed by atoms with van der Waals surface area (Å²) in [6.07, 6.45) is 26.2. The molecule has 238 valence electrons. The highest BCUT2D eigenvalue weighted by atomic mass is 16.5. The molecule has 0 heterocycles. The van der Waals surface area contributed by atoms with Gasteiger partial charge in [-0.2, -0.15) is 0 Å². The van der Waals surface area contributed by atoms with Gasteiger partial charge in [-0.25, -0.2) is 0 Å². The van der Waals surface area contributed by atoms with Crippen LogP contribution in [0, 0.1) is 23.7 Å². The summed E-state index contributed by atoms with van der Waals surface area (Å²) in [6, 6.07) is 0. The molecule has 0 saturated carbocycles. The first-order valence-corrected chi connectivity index (χ1v) is 17.6. The number of carbonyl (C=O) groups is 2. The molecule has 0 fully saturated rings. The largest absolute Gasteiger partial charge is 0.466 e. The van der Waals surface area contributed by atoms with E-state index in [1.165, 1.54) is 96.3 Å². The Balaban J connectivity index is 3.42. The van der Waals surface area contributed by atoms with Gasteiger partial charge in [0.2, 0.25) is 0 Å². The summed E-state index contributed by atoms with van der Waals surface area (Å²) in [4.78, 5) is 24.1. The minimum absolute atomic E-state index is 0.00267. The first-order valence-electron chi connectivity index (χ1n) is 17.6. The van der Waals surface area contributed by atoms with Crippen molar-refractivity contribution >= 4 is 11.9 Å². The van der Waals surface area contributed by atoms with E-state index in [1.54, 1.807) is 0 Å².